The molecule has 0 bridgehead atoms. The summed E-state index contributed by atoms with van der Waals surface area (Å²) in [6.07, 6.45) is 19.2. The molecule has 0 amide bonds. The number of benzene rings is 1. The molecule has 1 heteroatoms. The Bertz CT molecular complexity index is 459. The minimum absolute atomic E-state index is 0.152. The van der Waals surface area contributed by atoms with E-state index >= 15 is 0 Å². The monoisotopic (exact) mass is 373 g/mol. The lowest BCUT2D eigenvalue weighted by Gasteiger charge is -2.42. The zero-order valence-corrected chi connectivity index (χ0v) is 18.9. The van der Waals surface area contributed by atoms with Crippen LogP contribution in [0.2, 0.25) is 0 Å². The Hall–Kier alpha value is -0.820. The number of nitrogens with two attached hydrogens (primary N) is 1. The topological polar surface area (TPSA) is 26.0 Å². The molecule has 0 heterocycles. The molecule has 0 aliphatic carbocycles. The molecule has 0 radical (unpaired) electrons. The summed E-state index contributed by atoms with van der Waals surface area (Å²) < 4.78 is 0. The predicted molar refractivity (Wildman–Crippen MR) is 122 cm³/mol. The van der Waals surface area contributed by atoms with Gasteiger partial charge >= 0.3 is 0 Å². The largest absolute Gasteiger partial charge is 0.325 e. The van der Waals surface area contributed by atoms with Crippen LogP contribution in [0.15, 0.2) is 30.3 Å². The second kappa shape index (κ2) is 13.4. The average Bonchev–Trinajstić information content (AvgIpc) is 2.62. The zero-order chi connectivity index (χ0) is 20.0. The van der Waals surface area contributed by atoms with Gasteiger partial charge in [-0.15, -0.1) is 0 Å². The van der Waals surface area contributed by atoms with Crippen LogP contribution >= 0.6 is 0 Å². The molecule has 1 rings (SSSR count). The molecule has 0 saturated carbocycles. The lowest BCUT2D eigenvalue weighted by Crippen LogP contribution is -2.50. The van der Waals surface area contributed by atoms with Gasteiger partial charge in [0.15, 0.2) is 0 Å². The van der Waals surface area contributed by atoms with Crippen molar-refractivity contribution in [2.45, 2.75) is 123 Å². The van der Waals surface area contributed by atoms with Gasteiger partial charge in [-0.25, -0.2) is 0 Å². The van der Waals surface area contributed by atoms with E-state index in [1.807, 2.05) is 0 Å². The molecule has 0 aliphatic heterocycles. The van der Waals surface area contributed by atoms with Crippen LogP contribution in [0.5, 0.6) is 0 Å². The van der Waals surface area contributed by atoms with Gasteiger partial charge in [0, 0.05) is 5.54 Å². The van der Waals surface area contributed by atoms with Crippen LogP contribution in [0.4, 0.5) is 0 Å². The van der Waals surface area contributed by atoms with Crippen molar-refractivity contribution in [3.8, 4) is 0 Å². The van der Waals surface area contributed by atoms with Gasteiger partial charge in [-0.2, -0.15) is 0 Å². The Morgan fingerprint density at radius 1 is 0.667 bits per heavy atom. The Balaban J connectivity index is 2.18. The quantitative estimate of drug-likeness (QED) is 0.291. The third-order valence-corrected chi connectivity index (χ3v) is 6.57. The van der Waals surface area contributed by atoms with Gasteiger partial charge in [0.05, 0.1) is 0 Å². The summed E-state index contributed by atoms with van der Waals surface area (Å²) in [6, 6.07) is 10.9. The Morgan fingerprint density at radius 3 is 1.56 bits per heavy atom. The molecule has 0 aromatic heterocycles. The highest BCUT2D eigenvalue weighted by Gasteiger charge is 2.37. The maximum atomic E-state index is 6.60. The fraction of sp³-hybridized carbons (Fsp3) is 0.769. The van der Waals surface area contributed by atoms with Crippen LogP contribution in [0.3, 0.4) is 0 Å². The fourth-order valence-electron chi connectivity index (χ4n) is 4.04. The minimum Gasteiger partial charge on any atom is -0.325 e. The molecule has 0 spiro atoms. The summed E-state index contributed by atoms with van der Waals surface area (Å²) in [7, 11) is 0. The van der Waals surface area contributed by atoms with Gasteiger partial charge in [-0.3, -0.25) is 0 Å². The fourth-order valence-corrected chi connectivity index (χ4v) is 4.04. The van der Waals surface area contributed by atoms with Gasteiger partial charge in [-0.05, 0) is 37.7 Å². The molecule has 1 nitrogen and oxygen atoms in total. The van der Waals surface area contributed by atoms with E-state index in [0.29, 0.717) is 0 Å². The second-order valence-corrected chi connectivity index (χ2v) is 9.58. The van der Waals surface area contributed by atoms with Gasteiger partial charge in [0.2, 0.25) is 0 Å². The van der Waals surface area contributed by atoms with E-state index in [4.69, 9.17) is 5.73 Å². The van der Waals surface area contributed by atoms with Crippen LogP contribution in [0.25, 0.3) is 0 Å². The van der Waals surface area contributed by atoms with Gasteiger partial charge in [-0.1, -0.05) is 121 Å². The van der Waals surface area contributed by atoms with E-state index in [-0.39, 0.29) is 11.0 Å². The van der Waals surface area contributed by atoms with E-state index < -0.39 is 0 Å². The maximum absolute atomic E-state index is 6.60. The number of hydrogen-bond donors (Lipinski definition) is 1. The van der Waals surface area contributed by atoms with Gasteiger partial charge in [0.25, 0.3) is 0 Å². The minimum atomic E-state index is -0.152. The lowest BCUT2D eigenvalue weighted by molar-refractivity contribution is 0.153. The third-order valence-electron chi connectivity index (χ3n) is 6.57. The first-order chi connectivity index (χ1) is 12.9. The lowest BCUT2D eigenvalue weighted by atomic mass is 9.67. The summed E-state index contributed by atoms with van der Waals surface area (Å²) in [4.78, 5) is 0. The highest BCUT2D eigenvalue weighted by atomic mass is 14.8. The molecular weight excluding hydrogens is 326 g/mol. The van der Waals surface area contributed by atoms with E-state index in [2.05, 4.69) is 58.0 Å². The highest BCUT2D eigenvalue weighted by Crippen LogP contribution is 2.38. The van der Waals surface area contributed by atoms with Crippen LogP contribution in [0.1, 0.15) is 117 Å². The molecule has 0 fully saturated rings. The Morgan fingerprint density at radius 2 is 1.11 bits per heavy atom. The summed E-state index contributed by atoms with van der Waals surface area (Å²) in [6.45, 7) is 9.09. The molecule has 0 saturated heterocycles. The number of unbranched alkanes of at least 4 members (excludes halogenated alkanes) is 11. The molecule has 2 N–H and O–H groups in total. The third kappa shape index (κ3) is 10.3. The van der Waals surface area contributed by atoms with E-state index in [9.17, 15) is 0 Å². The van der Waals surface area contributed by atoms with Crippen molar-refractivity contribution < 1.29 is 0 Å². The summed E-state index contributed by atoms with van der Waals surface area (Å²) in [5.74, 6) is 0. The number of hydrogen-bond acceptors (Lipinski definition) is 1. The van der Waals surface area contributed by atoms with E-state index in [1.165, 1.54) is 89.0 Å². The molecule has 0 aliphatic rings. The zero-order valence-electron chi connectivity index (χ0n) is 18.9. The van der Waals surface area contributed by atoms with Crippen molar-refractivity contribution in [2.75, 3.05) is 0 Å². The van der Waals surface area contributed by atoms with Crippen LogP contribution in [-0.2, 0) is 6.42 Å². The smallest absolute Gasteiger partial charge is 0.0154 e. The van der Waals surface area contributed by atoms with Gasteiger partial charge in [0.1, 0.15) is 0 Å². The molecular formula is C26H47N. The first-order valence-electron chi connectivity index (χ1n) is 11.7. The summed E-state index contributed by atoms with van der Waals surface area (Å²) >= 11 is 0. The predicted octanol–water partition coefficient (Wildman–Crippen LogP) is 8.06. The van der Waals surface area contributed by atoms with Crippen molar-refractivity contribution in [1.29, 1.82) is 0 Å². The summed E-state index contributed by atoms with van der Waals surface area (Å²) in [5, 5.41) is 0. The molecule has 1 atom stereocenters. The molecule has 1 unspecified atom stereocenters. The molecule has 156 valence electrons. The molecule has 27 heavy (non-hydrogen) atoms. The average molecular weight is 374 g/mol. The van der Waals surface area contributed by atoms with Crippen molar-refractivity contribution in [3.63, 3.8) is 0 Å². The van der Waals surface area contributed by atoms with Crippen molar-refractivity contribution >= 4 is 0 Å². The first-order valence-corrected chi connectivity index (χ1v) is 11.7. The van der Waals surface area contributed by atoms with E-state index in [0.717, 1.165) is 6.42 Å². The molecule has 1 aromatic carbocycles. The highest BCUT2D eigenvalue weighted by molar-refractivity contribution is 5.18. The van der Waals surface area contributed by atoms with Crippen LogP contribution in [-0.4, -0.2) is 5.54 Å². The van der Waals surface area contributed by atoms with Crippen molar-refractivity contribution in [3.05, 3.63) is 35.9 Å². The normalized spacial score (nSPS) is 14.3. The Labute approximate surface area is 170 Å². The van der Waals surface area contributed by atoms with Gasteiger partial charge < -0.3 is 5.73 Å². The summed E-state index contributed by atoms with van der Waals surface area (Å²) in [5.41, 5.74) is 8.02. The van der Waals surface area contributed by atoms with Crippen molar-refractivity contribution in [2.24, 2.45) is 11.1 Å². The SMILES string of the molecule is CCCCCCCCCCCCCCC(C)(Cc1ccccc1)C(C)(C)N. The standard InChI is InChI=1S/C26H47N/c1-5-6-7-8-9-10-11-12-13-14-15-19-22-26(4,25(2,3)27)23-24-20-17-16-18-21-24/h16-18,20-21H,5-15,19,22-23,27H2,1-4H3. The van der Waals surface area contributed by atoms with Crippen molar-refractivity contribution in [1.82, 2.24) is 0 Å². The second-order valence-electron chi connectivity index (χ2n) is 9.58. The Kier molecular flexibility index (Phi) is 12.0. The number of rotatable bonds is 16. The van der Waals surface area contributed by atoms with E-state index in [1.54, 1.807) is 0 Å². The maximum Gasteiger partial charge on any atom is 0.0154 e. The first kappa shape index (κ1) is 24.2. The van der Waals surface area contributed by atoms with Crippen LogP contribution < -0.4 is 5.73 Å². The molecule has 1 aromatic rings. The van der Waals surface area contributed by atoms with Crippen LogP contribution in [0, 0.1) is 5.41 Å².